The van der Waals surface area contributed by atoms with Crippen LogP contribution in [0.15, 0.2) is 24.3 Å². The highest BCUT2D eigenvalue weighted by Gasteiger charge is 2.25. The van der Waals surface area contributed by atoms with Crippen molar-refractivity contribution in [1.29, 1.82) is 0 Å². The summed E-state index contributed by atoms with van der Waals surface area (Å²) in [5.74, 6) is -1.08. The third kappa shape index (κ3) is 4.71. The molecule has 4 N–H and O–H groups in total. The van der Waals surface area contributed by atoms with Crippen molar-refractivity contribution in [3.8, 4) is 0 Å². The molecule has 5 heteroatoms. The van der Waals surface area contributed by atoms with E-state index < -0.39 is 11.5 Å². The van der Waals surface area contributed by atoms with Gasteiger partial charge in [-0.2, -0.15) is 0 Å². The second kappa shape index (κ2) is 6.33. The highest BCUT2D eigenvalue weighted by molar-refractivity contribution is 5.97. The molecule has 1 amide bonds. The molecule has 1 aromatic carbocycles. The van der Waals surface area contributed by atoms with Gasteiger partial charge in [0.15, 0.2) is 0 Å². The molecule has 0 aromatic heterocycles. The van der Waals surface area contributed by atoms with Gasteiger partial charge in [0, 0.05) is 12.1 Å². The van der Waals surface area contributed by atoms with E-state index in [1.807, 2.05) is 13.0 Å². The minimum atomic E-state index is -0.906. The fourth-order valence-electron chi connectivity index (χ4n) is 1.49. The van der Waals surface area contributed by atoms with Crippen LogP contribution in [0.2, 0.25) is 0 Å². The molecule has 0 bridgehead atoms. The number of carboxylic acids is 1. The number of rotatable bonds is 6. The zero-order valence-corrected chi connectivity index (χ0v) is 11.3. The van der Waals surface area contributed by atoms with Crippen LogP contribution in [0.4, 0.5) is 5.69 Å². The zero-order valence-electron chi connectivity index (χ0n) is 11.3. The fraction of sp³-hybridized carbons (Fsp3) is 0.429. The summed E-state index contributed by atoms with van der Waals surface area (Å²) in [6.07, 6.45) is 1.05. The number of hydrogen-bond acceptors (Lipinski definition) is 3. The molecule has 0 spiro atoms. The van der Waals surface area contributed by atoms with Crippen molar-refractivity contribution in [2.24, 2.45) is 5.73 Å². The van der Waals surface area contributed by atoms with Crippen molar-refractivity contribution in [3.05, 3.63) is 29.8 Å². The second-order valence-electron chi connectivity index (χ2n) is 4.82. The van der Waals surface area contributed by atoms with Gasteiger partial charge in [0.25, 0.3) is 0 Å². The molecule has 0 aliphatic carbocycles. The first-order chi connectivity index (χ1) is 8.85. The summed E-state index contributed by atoms with van der Waals surface area (Å²) in [7, 11) is 0. The number of carboxylic acid groups (broad SMARTS) is 1. The maximum atomic E-state index is 11.9. The zero-order chi connectivity index (χ0) is 14.5. The Morgan fingerprint density at radius 2 is 2.11 bits per heavy atom. The van der Waals surface area contributed by atoms with Gasteiger partial charge in [-0.05, 0) is 37.5 Å². The summed E-state index contributed by atoms with van der Waals surface area (Å²) < 4.78 is 0. The Hall–Kier alpha value is -1.88. The van der Waals surface area contributed by atoms with Crippen LogP contribution in [0.5, 0.6) is 0 Å². The number of aryl methyl sites for hydroxylation is 1. The minimum Gasteiger partial charge on any atom is -0.481 e. The Labute approximate surface area is 112 Å². The lowest BCUT2D eigenvalue weighted by molar-refractivity contribution is -0.137. The fourth-order valence-corrected chi connectivity index (χ4v) is 1.49. The molecule has 5 nitrogen and oxygen atoms in total. The maximum absolute atomic E-state index is 11.9. The van der Waals surface area contributed by atoms with E-state index in [4.69, 9.17) is 10.8 Å². The summed E-state index contributed by atoms with van der Waals surface area (Å²) in [5.41, 5.74) is 6.46. The van der Waals surface area contributed by atoms with Gasteiger partial charge in [-0.1, -0.05) is 19.1 Å². The van der Waals surface area contributed by atoms with E-state index in [1.165, 1.54) is 0 Å². The van der Waals surface area contributed by atoms with Crippen molar-refractivity contribution >= 4 is 17.6 Å². The number of hydrogen-bond donors (Lipinski definition) is 3. The Morgan fingerprint density at radius 1 is 1.42 bits per heavy atom. The molecular weight excluding hydrogens is 244 g/mol. The van der Waals surface area contributed by atoms with Crippen LogP contribution >= 0.6 is 0 Å². The first kappa shape index (κ1) is 15.2. The van der Waals surface area contributed by atoms with Gasteiger partial charge in [0.1, 0.15) is 0 Å². The summed E-state index contributed by atoms with van der Waals surface area (Å²) >= 11 is 0. The minimum absolute atomic E-state index is 0.0704. The number of nitrogens with two attached hydrogens (primary N) is 1. The number of aliphatic carboxylic acids is 1. The van der Waals surface area contributed by atoms with Crippen LogP contribution in [0.25, 0.3) is 0 Å². The van der Waals surface area contributed by atoms with Gasteiger partial charge >= 0.3 is 5.97 Å². The van der Waals surface area contributed by atoms with E-state index in [1.54, 1.807) is 25.1 Å². The van der Waals surface area contributed by atoms with Crippen LogP contribution in [0.1, 0.15) is 32.3 Å². The number of nitrogens with one attached hydrogen (secondary N) is 1. The molecule has 104 valence electrons. The van der Waals surface area contributed by atoms with Gasteiger partial charge in [-0.25, -0.2) is 0 Å². The van der Waals surface area contributed by atoms with Crippen molar-refractivity contribution in [2.75, 3.05) is 5.32 Å². The van der Waals surface area contributed by atoms with E-state index in [0.717, 1.165) is 5.56 Å². The molecule has 0 fully saturated rings. The smallest absolute Gasteiger partial charge is 0.303 e. The maximum Gasteiger partial charge on any atom is 0.303 e. The molecule has 1 unspecified atom stereocenters. The van der Waals surface area contributed by atoms with Gasteiger partial charge in [0.2, 0.25) is 5.91 Å². The molecule has 0 heterocycles. The van der Waals surface area contributed by atoms with Gasteiger partial charge in [-0.3, -0.25) is 9.59 Å². The first-order valence-electron chi connectivity index (χ1n) is 6.26. The average molecular weight is 264 g/mol. The van der Waals surface area contributed by atoms with Crippen LogP contribution in [0, 0.1) is 0 Å². The Kier molecular flexibility index (Phi) is 5.06. The Morgan fingerprint density at radius 3 is 2.68 bits per heavy atom. The van der Waals surface area contributed by atoms with Crippen molar-refractivity contribution in [1.82, 2.24) is 0 Å². The molecule has 0 saturated carbocycles. The number of amides is 1. The summed E-state index contributed by atoms with van der Waals surface area (Å²) in [6, 6.07) is 7.15. The third-order valence-corrected chi connectivity index (χ3v) is 3.07. The van der Waals surface area contributed by atoms with Gasteiger partial charge in [-0.15, -0.1) is 0 Å². The predicted molar refractivity (Wildman–Crippen MR) is 73.9 cm³/mol. The van der Waals surface area contributed by atoms with Gasteiger partial charge < -0.3 is 16.2 Å². The Balaban J connectivity index is 2.72. The number of carbonyl (C=O) groups is 2. The number of carbonyl (C=O) groups excluding carboxylic acids is 1. The molecule has 0 aliphatic heterocycles. The summed E-state index contributed by atoms with van der Waals surface area (Å²) in [5, 5.41) is 11.4. The summed E-state index contributed by atoms with van der Waals surface area (Å²) in [6.45, 7) is 3.53. The third-order valence-electron chi connectivity index (χ3n) is 3.07. The molecule has 1 atom stereocenters. The van der Waals surface area contributed by atoms with E-state index in [-0.39, 0.29) is 12.3 Å². The second-order valence-corrected chi connectivity index (χ2v) is 4.82. The SMILES string of the molecule is CCC(C)(N)C(=O)Nc1cccc(CCC(=O)O)c1. The number of benzene rings is 1. The molecule has 0 radical (unpaired) electrons. The predicted octanol–water partition coefficient (Wildman–Crippen LogP) is 1.77. The summed E-state index contributed by atoms with van der Waals surface area (Å²) in [4.78, 5) is 22.4. The van der Waals surface area contributed by atoms with Crippen LogP contribution in [-0.2, 0) is 16.0 Å². The van der Waals surface area contributed by atoms with Crippen molar-refractivity contribution < 1.29 is 14.7 Å². The van der Waals surface area contributed by atoms with E-state index in [0.29, 0.717) is 18.5 Å². The average Bonchev–Trinajstić information content (AvgIpc) is 2.36. The van der Waals surface area contributed by atoms with Crippen molar-refractivity contribution in [3.63, 3.8) is 0 Å². The van der Waals surface area contributed by atoms with Gasteiger partial charge in [0.05, 0.1) is 5.54 Å². The molecule has 1 rings (SSSR count). The topological polar surface area (TPSA) is 92.4 Å². The van der Waals surface area contributed by atoms with E-state index in [2.05, 4.69) is 5.32 Å². The first-order valence-corrected chi connectivity index (χ1v) is 6.26. The van der Waals surface area contributed by atoms with E-state index in [9.17, 15) is 9.59 Å². The van der Waals surface area contributed by atoms with E-state index >= 15 is 0 Å². The lowest BCUT2D eigenvalue weighted by atomic mass is 9.99. The lowest BCUT2D eigenvalue weighted by Gasteiger charge is -2.21. The quantitative estimate of drug-likeness (QED) is 0.730. The highest BCUT2D eigenvalue weighted by Crippen LogP contribution is 2.15. The lowest BCUT2D eigenvalue weighted by Crippen LogP contribution is -2.47. The van der Waals surface area contributed by atoms with Crippen LogP contribution < -0.4 is 11.1 Å². The molecule has 1 aromatic rings. The highest BCUT2D eigenvalue weighted by atomic mass is 16.4. The van der Waals surface area contributed by atoms with Crippen molar-refractivity contribution in [2.45, 2.75) is 38.6 Å². The normalized spacial score (nSPS) is 13.6. The molecule has 19 heavy (non-hydrogen) atoms. The Bertz CT molecular complexity index is 470. The molecule has 0 aliphatic rings. The van der Waals surface area contributed by atoms with Crippen LogP contribution in [-0.4, -0.2) is 22.5 Å². The standard InChI is InChI=1S/C14H20N2O3/c1-3-14(2,15)13(19)16-11-6-4-5-10(9-11)7-8-12(17)18/h4-6,9H,3,7-8,15H2,1-2H3,(H,16,19)(H,17,18). The molecular formula is C14H20N2O3. The molecule has 0 saturated heterocycles. The number of anilines is 1. The largest absolute Gasteiger partial charge is 0.481 e. The monoisotopic (exact) mass is 264 g/mol. The van der Waals surface area contributed by atoms with Crippen LogP contribution in [0.3, 0.4) is 0 Å².